The Bertz CT molecular complexity index is 454. The number of hydrogen-bond acceptors (Lipinski definition) is 3. The molecule has 0 aliphatic carbocycles. The molecule has 0 aromatic heterocycles. The summed E-state index contributed by atoms with van der Waals surface area (Å²) < 4.78 is 11.8. The van der Waals surface area contributed by atoms with Crippen LogP contribution < -0.4 is 9.47 Å². The monoisotopic (exact) mass is 284 g/mol. The second kappa shape index (κ2) is 4.09. The molecule has 0 radical (unpaired) electrons. The fourth-order valence-electron chi connectivity index (χ4n) is 1.92. The van der Waals surface area contributed by atoms with Gasteiger partial charge in [0.15, 0.2) is 17.3 Å². The lowest BCUT2D eigenvalue weighted by molar-refractivity contribution is 0.101. The molecule has 16 heavy (non-hydrogen) atoms. The molecule has 3 nitrogen and oxygen atoms in total. The van der Waals surface area contributed by atoms with Crippen LogP contribution >= 0.6 is 15.9 Å². The van der Waals surface area contributed by atoms with Crippen molar-refractivity contribution in [1.82, 2.24) is 0 Å². The van der Waals surface area contributed by atoms with E-state index in [0.717, 1.165) is 22.2 Å². The number of ketones is 1. The van der Waals surface area contributed by atoms with Crippen LogP contribution in [0.1, 0.15) is 29.8 Å². The molecule has 86 valence electrons. The molecule has 1 unspecified atom stereocenters. The average Bonchev–Trinajstić information content (AvgIpc) is 2.60. The maximum atomic E-state index is 11.5. The molecule has 0 fully saturated rings. The van der Waals surface area contributed by atoms with E-state index >= 15 is 0 Å². The minimum Gasteiger partial charge on any atom is -0.493 e. The van der Waals surface area contributed by atoms with E-state index < -0.39 is 0 Å². The van der Waals surface area contributed by atoms with Crippen molar-refractivity contribution >= 4 is 21.7 Å². The number of hydrogen-bond donors (Lipinski definition) is 0. The molecule has 0 amide bonds. The van der Waals surface area contributed by atoms with Crippen LogP contribution in [-0.2, 0) is 6.42 Å². The molecule has 0 bridgehead atoms. The first-order valence-electron chi connectivity index (χ1n) is 5.11. The molecule has 0 saturated heterocycles. The van der Waals surface area contributed by atoms with Gasteiger partial charge < -0.3 is 9.47 Å². The second-order valence-corrected chi connectivity index (χ2v) is 4.73. The smallest absolute Gasteiger partial charge is 0.166 e. The third kappa shape index (κ3) is 1.71. The Morgan fingerprint density at radius 3 is 2.88 bits per heavy atom. The third-order valence-electron chi connectivity index (χ3n) is 2.68. The van der Waals surface area contributed by atoms with Gasteiger partial charge in [0, 0.05) is 22.0 Å². The van der Waals surface area contributed by atoms with Crippen LogP contribution in [0.4, 0.5) is 0 Å². The molecule has 1 heterocycles. The number of methoxy groups -OCH3 is 1. The van der Waals surface area contributed by atoms with Crippen LogP contribution in [0.3, 0.4) is 0 Å². The topological polar surface area (TPSA) is 35.5 Å². The van der Waals surface area contributed by atoms with Crippen LogP contribution in [0.15, 0.2) is 10.5 Å². The fraction of sp³-hybridized carbons (Fsp3) is 0.417. The number of fused-ring (bicyclic) bond motifs is 1. The van der Waals surface area contributed by atoms with Gasteiger partial charge >= 0.3 is 0 Å². The van der Waals surface area contributed by atoms with E-state index in [1.807, 2.05) is 6.92 Å². The zero-order chi connectivity index (χ0) is 11.9. The SMILES string of the molecule is COc1cc(C(C)=O)c(Br)c2c1OC(C)C2. The first-order chi connectivity index (χ1) is 7.54. The number of rotatable bonds is 2. The minimum atomic E-state index is 0.0209. The molecule has 0 N–H and O–H groups in total. The zero-order valence-electron chi connectivity index (χ0n) is 9.46. The van der Waals surface area contributed by atoms with Crippen molar-refractivity contribution < 1.29 is 14.3 Å². The molecule has 1 aliphatic heterocycles. The molecular formula is C12H13BrO3. The summed E-state index contributed by atoms with van der Waals surface area (Å²) >= 11 is 3.47. The predicted octanol–water partition coefficient (Wildman–Crippen LogP) is 2.98. The van der Waals surface area contributed by atoms with Crippen molar-refractivity contribution in [3.8, 4) is 11.5 Å². The summed E-state index contributed by atoms with van der Waals surface area (Å²) in [5.74, 6) is 1.41. The van der Waals surface area contributed by atoms with Crippen molar-refractivity contribution in [2.24, 2.45) is 0 Å². The summed E-state index contributed by atoms with van der Waals surface area (Å²) in [6.45, 7) is 3.55. The molecule has 0 spiro atoms. The van der Waals surface area contributed by atoms with E-state index in [-0.39, 0.29) is 11.9 Å². The molecular weight excluding hydrogens is 272 g/mol. The summed E-state index contributed by atoms with van der Waals surface area (Å²) in [4.78, 5) is 11.5. The van der Waals surface area contributed by atoms with Gasteiger partial charge in [0.25, 0.3) is 0 Å². The van der Waals surface area contributed by atoms with Crippen molar-refractivity contribution in [3.05, 3.63) is 21.7 Å². The lowest BCUT2D eigenvalue weighted by atomic mass is 10.0. The molecule has 2 rings (SSSR count). The fourth-order valence-corrected chi connectivity index (χ4v) is 2.66. The van der Waals surface area contributed by atoms with Gasteiger partial charge in [-0.15, -0.1) is 0 Å². The van der Waals surface area contributed by atoms with E-state index in [4.69, 9.17) is 9.47 Å². The molecule has 1 atom stereocenters. The summed E-state index contributed by atoms with van der Waals surface area (Å²) in [6.07, 6.45) is 0.926. The van der Waals surface area contributed by atoms with E-state index in [1.165, 1.54) is 0 Å². The van der Waals surface area contributed by atoms with Gasteiger partial charge in [-0.2, -0.15) is 0 Å². The van der Waals surface area contributed by atoms with Gasteiger partial charge in [-0.05, 0) is 35.8 Å². The predicted molar refractivity (Wildman–Crippen MR) is 64.5 cm³/mol. The number of Topliss-reactive ketones (excluding diaryl/α,β-unsaturated/α-hetero) is 1. The molecule has 4 heteroatoms. The van der Waals surface area contributed by atoms with Gasteiger partial charge in [-0.1, -0.05) is 0 Å². The van der Waals surface area contributed by atoms with Crippen molar-refractivity contribution in [3.63, 3.8) is 0 Å². The van der Waals surface area contributed by atoms with E-state index in [9.17, 15) is 4.79 Å². The number of ether oxygens (including phenoxy) is 2. The Balaban J connectivity index is 2.64. The third-order valence-corrected chi connectivity index (χ3v) is 3.59. The van der Waals surface area contributed by atoms with Gasteiger partial charge in [0.1, 0.15) is 6.10 Å². The summed E-state index contributed by atoms with van der Waals surface area (Å²) in [6, 6.07) is 1.73. The van der Waals surface area contributed by atoms with E-state index in [1.54, 1.807) is 20.1 Å². The average molecular weight is 285 g/mol. The maximum absolute atomic E-state index is 11.5. The molecule has 1 aromatic rings. The van der Waals surface area contributed by atoms with Gasteiger partial charge in [-0.3, -0.25) is 4.79 Å². The highest BCUT2D eigenvalue weighted by Gasteiger charge is 2.28. The summed E-state index contributed by atoms with van der Waals surface area (Å²) in [5.41, 5.74) is 1.67. The van der Waals surface area contributed by atoms with Gasteiger partial charge in [0.2, 0.25) is 0 Å². The largest absolute Gasteiger partial charge is 0.493 e. The van der Waals surface area contributed by atoms with Crippen LogP contribution in [-0.4, -0.2) is 19.0 Å². The van der Waals surface area contributed by atoms with Gasteiger partial charge in [0.05, 0.1) is 7.11 Å². The zero-order valence-corrected chi connectivity index (χ0v) is 11.1. The Hall–Kier alpha value is -1.03. The number of benzene rings is 1. The van der Waals surface area contributed by atoms with Crippen LogP contribution in [0.25, 0.3) is 0 Å². The van der Waals surface area contributed by atoms with Crippen LogP contribution in [0.2, 0.25) is 0 Å². The first kappa shape index (κ1) is 11.5. The Morgan fingerprint density at radius 2 is 2.31 bits per heavy atom. The Kier molecular flexibility index (Phi) is 2.93. The molecule has 1 aromatic carbocycles. The minimum absolute atomic E-state index is 0.0209. The second-order valence-electron chi connectivity index (χ2n) is 3.94. The quantitative estimate of drug-likeness (QED) is 0.784. The van der Waals surface area contributed by atoms with E-state index in [2.05, 4.69) is 15.9 Å². The lowest BCUT2D eigenvalue weighted by Gasteiger charge is -2.11. The maximum Gasteiger partial charge on any atom is 0.166 e. The number of halogens is 1. The lowest BCUT2D eigenvalue weighted by Crippen LogP contribution is -2.05. The van der Waals surface area contributed by atoms with Crippen LogP contribution in [0, 0.1) is 0 Å². The molecule has 1 aliphatic rings. The highest BCUT2D eigenvalue weighted by atomic mass is 79.9. The standard InChI is InChI=1S/C12H13BrO3/c1-6-4-9-11(13)8(7(2)14)5-10(15-3)12(9)16-6/h5-6H,4H2,1-3H3. The Morgan fingerprint density at radius 1 is 1.62 bits per heavy atom. The van der Waals surface area contributed by atoms with Crippen molar-refractivity contribution in [1.29, 1.82) is 0 Å². The number of carbonyl (C=O) groups excluding carboxylic acids is 1. The normalized spacial score (nSPS) is 17.9. The van der Waals surface area contributed by atoms with Crippen LogP contribution in [0.5, 0.6) is 11.5 Å². The number of carbonyl (C=O) groups is 1. The van der Waals surface area contributed by atoms with Crippen molar-refractivity contribution in [2.45, 2.75) is 26.4 Å². The summed E-state index contributed by atoms with van der Waals surface area (Å²) in [7, 11) is 1.58. The first-order valence-corrected chi connectivity index (χ1v) is 5.90. The highest BCUT2D eigenvalue weighted by Crippen LogP contribution is 2.44. The highest BCUT2D eigenvalue weighted by molar-refractivity contribution is 9.10. The van der Waals surface area contributed by atoms with Gasteiger partial charge in [-0.25, -0.2) is 0 Å². The van der Waals surface area contributed by atoms with E-state index in [0.29, 0.717) is 11.3 Å². The Labute approximate surface area is 103 Å². The van der Waals surface area contributed by atoms with Crippen molar-refractivity contribution in [2.75, 3.05) is 7.11 Å². The summed E-state index contributed by atoms with van der Waals surface area (Å²) in [5, 5.41) is 0. The molecule has 0 saturated carbocycles.